The summed E-state index contributed by atoms with van der Waals surface area (Å²) in [4.78, 5) is 10.6. The van der Waals surface area contributed by atoms with Crippen molar-refractivity contribution in [3.8, 4) is 0 Å². The summed E-state index contributed by atoms with van der Waals surface area (Å²) in [6.45, 7) is 0. The summed E-state index contributed by atoms with van der Waals surface area (Å²) in [5, 5.41) is 0. The lowest BCUT2D eigenvalue weighted by atomic mass is 10.2. The topological polar surface area (TPSA) is 17.1 Å². The summed E-state index contributed by atoms with van der Waals surface area (Å²) < 4.78 is 61.5. The number of hydrogen-bond donors (Lipinski definition) is 0. The quantitative estimate of drug-likeness (QED) is 0.255. The second-order valence-electron chi connectivity index (χ2n) is 2.22. The molecule has 0 saturated heterocycles. The Bertz CT molecular complexity index is 388. The molecular weight excluding hydrogens is 322 g/mol. The third-order valence-corrected chi connectivity index (χ3v) is 1.95. The van der Waals surface area contributed by atoms with Crippen LogP contribution in [0.15, 0.2) is 0 Å². The van der Waals surface area contributed by atoms with Crippen LogP contribution in [-0.2, 0) is 0 Å². The van der Waals surface area contributed by atoms with Gasteiger partial charge in [0.25, 0.3) is 0 Å². The second kappa shape index (κ2) is 3.79. The van der Waals surface area contributed by atoms with Gasteiger partial charge in [-0.25, -0.2) is 22.0 Å². The van der Waals surface area contributed by atoms with Crippen molar-refractivity contribution in [2.75, 3.05) is 0 Å². The molecule has 0 aromatic heterocycles. The minimum atomic E-state index is -2.28. The average molecular weight is 322 g/mol. The van der Waals surface area contributed by atoms with Crippen LogP contribution in [0.5, 0.6) is 0 Å². The van der Waals surface area contributed by atoms with E-state index in [9.17, 15) is 26.7 Å². The molecular formula is C7F5IO. The molecule has 0 spiro atoms. The highest BCUT2D eigenvalue weighted by Crippen LogP contribution is 2.24. The molecule has 1 rings (SSSR count). The van der Waals surface area contributed by atoms with Gasteiger partial charge >= 0.3 is 0 Å². The van der Waals surface area contributed by atoms with E-state index in [1.807, 2.05) is 0 Å². The van der Waals surface area contributed by atoms with Crippen LogP contribution in [0.2, 0.25) is 0 Å². The van der Waals surface area contributed by atoms with Gasteiger partial charge < -0.3 is 0 Å². The van der Waals surface area contributed by atoms with Crippen LogP contribution in [0.4, 0.5) is 22.0 Å². The van der Waals surface area contributed by atoms with Crippen molar-refractivity contribution in [3.63, 3.8) is 0 Å². The lowest BCUT2D eigenvalue weighted by Crippen LogP contribution is -2.08. The third-order valence-electron chi connectivity index (χ3n) is 1.41. The van der Waals surface area contributed by atoms with Crippen LogP contribution >= 0.6 is 22.6 Å². The van der Waals surface area contributed by atoms with E-state index in [-0.39, 0.29) is 0 Å². The number of rotatable bonds is 1. The zero-order chi connectivity index (χ0) is 11.0. The Balaban J connectivity index is 3.68. The predicted octanol–water partition coefficient (Wildman–Crippen LogP) is 2.96. The maximum absolute atomic E-state index is 12.7. The lowest BCUT2D eigenvalue weighted by molar-refractivity contribution is 0.109. The molecule has 0 heterocycles. The fourth-order valence-corrected chi connectivity index (χ4v) is 1.25. The summed E-state index contributed by atoms with van der Waals surface area (Å²) in [6, 6.07) is 0. The maximum Gasteiger partial charge on any atom is 0.228 e. The first-order valence-electron chi connectivity index (χ1n) is 3.09. The Morgan fingerprint density at radius 3 is 1.36 bits per heavy atom. The molecule has 14 heavy (non-hydrogen) atoms. The first-order chi connectivity index (χ1) is 6.37. The summed E-state index contributed by atoms with van der Waals surface area (Å²) in [6.07, 6.45) is 0. The standard InChI is InChI=1S/C7F5IO/c8-2-1(7(13)14)3(9)5(11)6(12)4(2)10. The van der Waals surface area contributed by atoms with E-state index in [0.717, 1.165) is 22.6 Å². The largest absolute Gasteiger partial charge is 0.282 e. The van der Waals surface area contributed by atoms with Crippen molar-refractivity contribution in [1.29, 1.82) is 0 Å². The summed E-state index contributed by atoms with van der Waals surface area (Å²) in [5.74, 6) is -10.7. The van der Waals surface area contributed by atoms with Crippen molar-refractivity contribution in [2.45, 2.75) is 0 Å². The Hall–Kier alpha value is -0.730. The number of benzene rings is 1. The number of hydrogen-bond acceptors (Lipinski definition) is 1. The van der Waals surface area contributed by atoms with E-state index < -0.39 is 38.4 Å². The van der Waals surface area contributed by atoms with E-state index in [1.54, 1.807) is 0 Å². The van der Waals surface area contributed by atoms with Crippen molar-refractivity contribution in [1.82, 2.24) is 0 Å². The molecule has 0 unspecified atom stereocenters. The molecule has 0 N–H and O–H groups in total. The highest BCUT2D eigenvalue weighted by molar-refractivity contribution is 14.1. The van der Waals surface area contributed by atoms with Crippen molar-refractivity contribution in [2.24, 2.45) is 0 Å². The van der Waals surface area contributed by atoms with E-state index in [2.05, 4.69) is 0 Å². The van der Waals surface area contributed by atoms with Crippen molar-refractivity contribution < 1.29 is 26.7 Å². The second-order valence-corrected chi connectivity index (χ2v) is 3.20. The van der Waals surface area contributed by atoms with Gasteiger partial charge in [0.1, 0.15) is 5.56 Å². The van der Waals surface area contributed by atoms with E-state index in [1.165, 1.54) is 0 Å². The molecule has 0 bridgehead atoms. The number of carbonyl (C=O) groups is 1. The molecule has 1 aromatic carbocycles. The third kappa shape index (κ3) is 1.60. The fraction of sp³-hybridized carbons (Fsp3) is 0. The van der Waals surface area contributed by atoms with Gasteiger partial charge in [-0.2, -0.15) is 0 Å². The molecule has 0 aliphatic heterocycles. The predicted molar refractivity (Wildman–Crippen MR) is 44.6 cm³/mol. The van der Waals surface area contributed by atoms with E-state index >= 15 is 0 Å². The Morgan fingerprint density at radius 1 is 0.786 bits per heavy atom. The van der Waals surface area contributed by atoms with Gasteiger partial charge in [0.2, 0.25) is 9.61 Å². The molecule has 7 heteroatoms. The number of halogens is 6. The minimum Gasteiger partial charge on any atom is -0.282 e. The lowest BCUT2D eigenvalue weighted by Gasteiger charge is -2.03. The van der Waals surface area contributed by atoms with Crippen molar-refractivity contribution >= 4 is 26.4 Å². The Kier molecular flexibility index (Phi) is 3.07. The van der Waals surface area contributed by atoms with Gasteiger partial charge in [0.05, 0.1) is 0 Å². The van der Waals surface area contributed by atoms with E-state index in [4.69, 9.17) is 0 Å². The number of carbonyl (C=O) groups excluding carboxylic acids is 1. The molecule has 0 saturated carbocycles. The molecule has 0 atom stereocenters. The molecule has 0 aliphatic rings. The van der Waals surface area contributed by atoms with Gasteiger partial charge in [0.15, 0.2) is 23.3 Å². The molecule has 0 amide bonds. The minimum absolute atomic E-state index is 0.930. The summed E-state index contributed by atoms with van der Waals surface area (Å²) >= 11 is 0.930. The van der Waals surface area contributed by atoms with Gasteiger partial charge in [-0.15, -0.1) is 0 Å². The van der Waals surface area contributed by atoms with Crippen LogP contribution in [0.25, 0.3) is 0 Å². The monoisotopic (exact) mass is 322 g/mol. The van der Waals surface area contributed by atoms with Gasteiger partial charge in [-0.05, 0) is 0 Å². The summed E-state index contributed by atoms with van der Waals surface area (Å²) in [7, 11) is 0. The smallest absolute Gasteiger partial charge is 0.228 e. The molecule has 76 valence electrons. The fourth-order valence-electron chi connectivity index (χ4n) is 0.777. The molecule has 0 fully saturated rings. The molecule has 1 aromatic rings. The highest BCUT2D eigenvalue weighted by Gasteiger charge is 2.28. The average Bonchev–Trinajstić information content (AvgIpc) is 2.11. The van der Waals surface area contributed by atoms with Crippen molar-refractivity contribution in [3.05, 3.63) is 34.6 Å². The molecule has 1 nitrogen and oxygen atoms in total. The van der Waals surface area contributed by atoms with Crippen LogP contribution < -0.4 is 0 Å². The SMILES string of the molecule is O=C(I)c1c(F)c(F)c(F)c(F)c1F. The van der Waals surface area contributed by atoms with Crippen LogP contribution in [-0.4, -0.2) is 3.79 Å². The van der Waals surface area contributed by atoms with Crippen LogP contribution in [0.1, 0.15) is 10.4 Å². The normalized spacial score (nSPS) is 10.4. The molecule has 0 radical (unpaired) electrons. The van der Waals surface area contributed by atoms with Gasteiger partial charge in [0, 0.05) is 22.6 Å². The summed E-state index contributed by atoms with van der Waals surface area (Å²) in [5.41, 5.74) is -1.43. The zero-order valence-electron chi connectivity index (χ0n) is 6.18. The van der Waals surface area contributed by atoms with Crippen LogP contribution in [0.3, 0.4) is 0 Å². The first-order valence-corrected chi connectivity index (χ1v) is 4.17. The maximum atomic E-state index is 12.7. The van der Waals surface area contributed by atoms with Crippen LogP contribution in [0, 0.1) is 29.1 Å². The highest BCUT2D eigenvalue weighted by atomic mass is 127. The van der Waals surface area contributed by atoms with E-state index in [0.29, 0.717) is 0 Å². The Morgan fingerprint density at radius 2 is 1.07 bits per heavy atom. The Labute approximate surface area is 88.0 Å². The first kappa shape index (κ1) is 11.3. The van der Waals surface area contributed by atoms with Gasteiger partial charge in [-0.1, -0.05) is 0 Å². The zero-order valence-corrected chi connectivity index (χ0v) is 8.33. The molecule has 0 aliphatic carbocycles. The van der Waals surface area contributed by atoms with Gasteiger partial charge in [-0.3, -0.25) is 4.79 Å².